The Morgan fingerprint density at radius 3 is 2.67 bits per heavy atom. The number of hydrogen-bond acceptors (Lipinski definition) is 3. The van der Waals surface area contributed by atoms with Gasteiger partial charge in [-0.15, -0.1) is 0 Å². The van der Waals surface area contributed by atoms with Crippen LogP contribution < -0.4 is 10.2 Å². The third-order valence-corrected chi connectivity index (χ3v) is 3.13. The molecule has 1 amide bonds. The van der Waals surface area contributed by atoms with Crippen molar-refractivity contribution in [1.82, 2.24) is 5.32 Å². The third kappa shape index (κ3) is 5.99. The molecule has 0 aliphatic heterocycles. The average molecular weight is 355 g/mol. The molecule has 1 rings (SSSR count). The highest BCUT2D eigenvalue weighted by Gasteiger charge is 2.11. The number of benzene rings is 1. The molecule has 0 spiro atoms. The van der Waals surface area contributed by atoms with Gasteiger partial charge < -0.3 is 15.3 Å². The number of carbonyl (C=O) groups is 2. The Labute approximate surface area is 132 Å². The van der Waals surface area contributed by atoms with Gasteiger partial charge in [0.1, 0.15) is 0 Å². The maximum atomic E-state index is 11.8. The third-order valence-electron chi connectivity index (χ3n) is 2.64. The number of halogens is 1. The normalized spacial score (nSPS) is 10.9. The van der Waals surface area contributed by atoms with Gasteiger partial charge in [0.05, 0.1) is 6.54 Å². The molecule has 0 saturated carbocycles. The summed E-state index contributed by atoms with van der Waals surface area (Å²) in [7, 11) is 1.79. The second-order valence-electron chi connectivity index (χ2n) is 4.95. The van der Waals surface area contributed by atoms with Crippen LogP contribution in [0.25, 0.3) is 6.08 Å². The molecule has 0 heterocycles. The molecule has 0 radical (unpaired) electrons. The summed E-state index contributed by atoms with van der Waals surface area (Å²) in [6.45, 7) is 4.00. The average Bonchev–Trinajstić information content (AvgIpc) is 2.34. The van der Waals surface area contributed by atoms with E-state index in [0.717, 1.165) is 21.8 Å². The Balaban J connectivity index is 2.95. The number of amides is 1. The van der Waals surface area contributed by atoms with Crippen LogP contribution in [-0.4, -0.2) is 36.6 Å². The number of carboxylic acids is 1. The van der Waals surface area contributed by atoms with Crippen molar-refractivity contribution in [2.24, 2.45) is 0 Å². The summed E-state index contributed by atoms with van der Waals surface area (Å²) < 4.78 is 0.844. The van der Waals surface area contributed by atoms with Gasteiger partial charge in [0.15, 0.2) is 0 Å². The van der Waals surface area contributed by atoms with E-state index >= 15 is 0 Å². The molecule has 2 N–H and O–H groups in total. The number of likely N-dealkylation sites (N-methyl/N-ethyl adjacent to an activating group) is 1. The molecule has 1 aromatic carbocycles. The van der Waals surface area contributed by atoms with Gasteiger partial charge in [-0.2, -0.15) is 0 Å². The maximum Gasteiger partial charge on any atom is 0.328 e. The Morgan fingerprint density at radius 1 is 1.43 bits per heavy atom. The lowest BCUT2D eigenvalue weighted by Crippen LogP contribution is -2.38. The molecule has 6 heteroatoms. The second-order valence-corrected chi connectivity index (χ2v) is 5.87. The van der Waals surface area contributed by atoms with Crippen molar-refractivity contribution >= 4 is 39.6 Å². The molecule has 0 aliphatic carbocycles. The van der Waals surface area contributed by atoms with Gasteiger partial charge in [-0.25, -0.2) is 4.79 Å². The van der Waals surface area contributed by atoms with Crippen LogP contribution in [0.4, 0.5) is 5.69 Å². The number of aliphatic carboxylic acids is 1. The number of rotatable bonds is 6. The molecule has 0 fully saturated rings. The molecule has 21 heavy (non-hydrogen) atoms. The Kier molecular flexibility index (Phi) is 6.42. The topological polar surface area (TPSA) is 69.6 Å². The molecular weight excluding hydrogens is 336 g/mol. The van der Waals surface area contributed by atoms with E-state index in [0.29, 0.717) is 0 Å². The molecular formula is C15H19BrN2O3. The first-order valence-electron chi connectivity index (χ1n) is 6.50. The highest BCUT2D eigenvalue weighted by Crippen LogP contribution is 2.25. The highest BCUT2D eigenvalue weighted by molar-refractivity contribution is 9.10. The number of carbonyl (C=O) groups excluding carboxylic acids is 1. The van der Waals surface area contributed by atoms with Crippen molar-refractivity contribution < 1.29 is 14.7 Å². The summed E-state index contributed by atoms with van der Waals surface area (Å²) >= 11 is 3.36. The molecule has 0 unspecified atom stereocenters. The monoisotopic (exact) mass is 354 g/mol. The predicted octanol–water partition coefficient (Wildman–Crippen LogP) is 2.51. The molecule has 0 atom stereocenters. The van der Waals surface area contributed by atoms with E-state index in [1.165, 1.54) is 6.08 Å². The zero-order valence-corrected chi connectivity index (χ0v) is 13.8. The fourth-order valence-electron chi connectivity index (χ4n) is 1.84. The van der Waals surface area contributed by atoms with E-state index in [1.807, 2.05) is 32.0 Å². The van der Waals surface area contributed by atoms with Gasteiger partial charge in [-0.05, 0) is 43.7 Å². The van der Waals surface area contributed by atoms with Crippen LogP contribution in [0.1, 0.15) is 19.4 Å². The minimum atomic E-state index is -1.01. The highest BCUT2D eigenvalue weighted by atomic mass is 79.9. The number of nitrogens with zero attached hydrogens (tertiary/aromatic N) is 1. The zero-order chi connectivity index (χ0) is 16.0. The van der Waals surface area contributed by atoms with Gasteiger partial charge in [0.25, 0.3) is 0 Å². The van der Waals surface area contributed by atoms with E-state index in [4.69, 9.17) is 5.11 Å². The van der Waals surface area contributed by atoms with E-state index in [-0.39, 0.29) is 18.5 Å². The molecule has 0 bridgehead atoms. The first-order chi connectivity index (χ1) is 9.79. The Hall–Kier alpha value is -1.82. The number of nitrogens with one attached hydrogen (secondary N) is 1. The summed E-state index contributed by atoms with van der Waals surface area (Å²) in [6, 6.07) is 5.59. The first kappa shape index (κ1) is 17.2. The van der Waals surface area contributed by atoms with E-state index < -0.39 is 5.97 Å². The van der Waals surface area contributed by atoms with Crippen LogP contribution in [0.2, 0.25) is 0 Å². The maximum absolute atomic E-state index is 11.8. The first-order valence-corrected chi connectivity index (χ1v) is 7.30. The van der Waals surface area contributed by atoms with Crippen LogP contribution in [0, 0.1) is 0 Å². The standard InChI is InChI=1S/C15H19BrN2O3/c1-10(2)17-14(19)9-18(3)13-6-5-12(16)8-11(13)4-7-15(20)21/h4-8,10H,9H2,1-3H3,(H,17,19)(H,20,21)/b7-4+. The quantitative estimate of drug-likeness (QED) is 0.770. The predicted molar refractivity (Wildman–Crippen MR) is 87.4 cm³/mol. The number of carboxylic acid groups (broad SMARTS) is 1. The summed E-state index contributed by atoms with van der Waals surface area (Å²) in [5.41, 5.74) is 1.52. The number of hydrogen-bond donors (Lipinski definition) is 2. The largest absolute Gasteiger partial charge is 0.478 e. The van der Waals surface area contributed by atoms with Crippen LogP contribution in [0.3, 0.4) is 0 Å². The molecule has 0 aliphatic rings. The van der Waals surface area contributed by atoms with Crippen molar-refractivity contribution in [3.63, 3.8) is 0 Å². The van der Waals surface area contributed by atoms with Gasteiger partial charge >= 0.3 is 5.97 Å². The lowest BCUT2D eigenvalue weighted by Gasteiger charge is -2.22. The fraction of sp³-hybridized carbons (Fsp3) is 0.333. The van der Waals surface area contributed by atoms with Crippen LogP contribution in [-0.2, 0) is 9.59 Å². The summed E-state index contributed by atoms with van der Waals surface area (Å²) in [6.07, 6.45) is 2.59. The second kappa shape index (κ2) is 7.83. The Morgan fingerprint density at radius 2 is 2.10 bits per heavy atom. The van der Waals surface area contributed by atoms with Crippen molar-refractivity contribution in [3.8, 4) is 0 Å². The minimum Gasteiger partial charge on any atom is -0.478 e. The summed E-state index contributed by atoms with van der Waals surface area (Å²) in [5.74, 6) is -1.09. The summed E-state index contributed by atoms with van der Waals surface area (Å²) in [4.78, 5) is 24.3. The minimum absolute atomic E-state index is 0.0800. The van der Waals surface area contributed by atoms with E-state index in [9.17, 15) is 9.59 Å². The van der Waals surface area contributed by atoms with Crippen LogP contribution in [0.15, 0.2) is 28.7 Å². The van der Waals surface area contributed by atoms with Gasteiger partial charge in [-0.1, -0.05) is 15.9 Å². The van der Waals surface area contributed by atoms with Crippen LogP contribution >= 0.6 is 15.9 Å². The van der Waals surface area contributed by atoms with Crippen molar-refractivity contribution in [2.75, 3.05) is 18.5 Å². The molecule has 0 saturated heterocycles. The van der Waals surface area contributed by atoms with E-state index in [2.05, 4.69) is 21.2 Å². The van der Waals surface area contributed by atoms with E-state index in [1.54, 1.807) is 11.9 Å². The summed E-state index contributed by atoms with van der Waals surface area (Å²) in [5, 5.41) is 11.6. The molecule has 1 aromatic rings. The smallest absolute Gasteiger partial charge is 0.328 e. The van der Waals surface area contributed by atoms with Crippen molar-refractivity contribution in [2.45, 2.75) is 19.9 Å². The van der Waals surface area contributed by atoms with Gasteiger partial charge in [0, 0.05) is 29.3 Å². The fourth-order valence-corrected chi connectivity index (χ4v) is 2.21. The molecule has 5 nitrogen and oxygen atoms in total. The molecule has 114 valence electrons. The van der Waals surface area contributed by atoms with Crippen LogP contribution in [0.5, 0.6) is 0 Å². The van der Waals surface area contributed by atoms with Crippen molar-refractivity contribution in [1.29, 1.82) is 0 Å². The number of anilines is 1. The SMILES string of the molecule is CC(C)NC(=O)CN(C)c1ccc(Br)cc1/C=C/C(=O)O. The zero-order valence-electron chi connectivity index (χ0n) is 12.3. The molecule has 0 aromatic heterocycles. The lowest BCUT2D eigenvalue weighted by molar-refractivity contribution is -0.131. The van der Waals surface area contributed by atoms with Gasteiger partial charge in [0.2, 0.25) is 5.91 Å². The Bertz CT molecular complexity index is 556. The van der Waals surface area contributed by atoms with Crippen molar-refractivity contribution in [3.05, 3.63) is 34.3 Å². The lowest BCUT2D eigenvalue weighted by atomic mass is 10.1. The van der Waals surface area contributed by atoms with Gasteiger partial charge in [-0.3, -0.25) is 4.79 Å².